The van der Waals surface area contributed by atoms with Crippen LogP contribution in [0.4, 0.5) is 5.95 Å². The summed E-state index contributed by atoms with van der Waals surface area (Å²) in [6, 6.07) is 1.89. The van der Waals surface area contributed by atoms with Gasteiger partial charge in [0, 0.05) is 32.0 Å². The van der Waals surface area contributed by atoms with Crippen LogP contribution in [0.2, 0.25) is 0 Å². The van der Waals surface area contributed by atoms with Gasteiger partial charge in [0.25, 0.3) is 0 Å². The molecule has 22 heavy (non-hydrogen) atoms. The molecule has 2 heterocycles. The van der Waals surface area contributed by atoms with Crippen molar-refractivity contribution in [2.45, 2.75) is 25.7 Å². The molecule has 0 unspecified atom stereocenters. The van der Waals surface area contributed by atoms with Crippen LogP contribution in [-0.2, 0) is 0 Å². The lowest BCUT2D eigenvalue weighted by Crippen LogP contribution is -2.33. The fourth-order valence-corrected chi connectivity index (χ4v) is 4.42. The molecule has 4 rings (SSSR count). The minimum atomic E-state index is 0.891. The molecule has 2 aliphatic carbocycles. The van der Waals surface area contributed by atoms with E-state index in [0.717, 1.165) is 43.3 Å². The zero-order valence-corrected chi connectivity index (χ0v) is 13.3. The Morgan fingerprint density at radius 3 is 2.68 bits per heavy atom. The van der Waals surface area contributed by atoms with Crippen LogP contribution in [0.5, 0.6) is 0 Å². The van der Waals surface area contributed by atoms with Crippen molar-refractivity contribution < 1.29 is 0 Å². The van der Waals surface area contributed by atoms with Crippen LogP contribution < -0.4 is 4.90 Å². The molecule has 1 saturated carbocycles. The van der Waals surface area contributed by atoms with Gasteiger partial charge in [-0.15, -0.1) is 0 Å². The third-order valence-electron chi connectivity index (χ3n) is 5.66. The summed E-state index contributed by atoms with van der Waals surface area (Å²) in [6.45, 7) is 5.78. The SMILES string of the molecule is C1=C[C@H]2C[C@@H]1C[C@H]2CCN1CCCN(c2ncccn2)CC1. The van der Waals surface area contributed by atoms with Crippen LogP contribution in [-0.4, -0.2) is 47.6 Å². The molecule has 0 radical (unpaired) electrons. The molecule has 118 valence electrons. The van der Waals surface area contributed by atoms with Gasteiger partial charge >= 0.3 is 0 Å². The second-order valence-corrected chi connectivity index (χ2v) is 7.06. The Morgan fingerprint density at radius 2 is 1.91 bits per heavy atom. The van der Waals surface area contributed by atoms with E-state index >= 15 is 0 Å². The molecular formula is C18H26N4. The van der Waals surface area contributed by atoms with Gasteiger partial charge in [-0.2, -0.15) is 0 Å². The summed E-state index contributed by atoms with van der Waals surface area (Å²) in [6.07, 6.45) is 14.1. The number of allylic oxidation sites excluding steroid dienone is 2. The van der Waals surface area contributed by atoms with Gasteiger partial charge in [0.15, 0.2) is 0 Å². The summed E-state index contributed by atoms with van der Waals surface area (Å²) in [5.41, 5.74) is 0. The van der Waals surface area contributed by atoms with Crippen LogP contribution in [0.1, 0.15) is 25.7 Å². The summed E-state index contributed by atoms with van der Waals surface area (Å²) >= 11 is 0. The molecule has 0 N–H and O–H groups in total. The highest BCUT2D eigenvalue weighted by molar-refractivity contribution is 5.28. The van der Waals surface area contributed by atoms with E-state index in [0.29, 0.717) is 0 Å². The average Bonchev–Trinajstić information content (AvgIpc) is 3.10. The lowest BCUT2D eigenvalue weighted by atomic mass is 9.90. The van der Waals surface area contributed by atoms with Crippen molar-refractivity contribution in [1.29, 1.82) is 0 Å². The quantitative estimate of drug-likeness (QED) is 0.800. The Balaban J connectivity index is 1.27. The van der Waals surface area contributed by atoms with Gasteiger partial charge in [0.2, 0.25) is 5.95 Å². The molecule has 4 nitrogen and oxygen atoms in total. The Morgan fingerprint density at radius 1 is 1.00 bits per heavy atom. The fraction of sp³-hybridized carbons (Fsp3) is 0.667. The minimum Gasteiger partial charge on any atom is -0.339 e. The fourth-order valence-electron chi connectivity index (χ4n) is 4.42. The first-order chi connectivity index (χ1) is 10.9. The molecule has 1 aromatic heterocycles. The number of fused-ring (bicyclic) bond motifs is 2. The van der Waals surface area contributed by atoms with Gasteiger partial charge in [0.1, 0.15) is 0 Å². The average molecular weight is 298 g/mol. The van der Waals surface area contributed by atoms with Crippen molar-refractivity contribution in [3.63, 3.8) is 0 Å². The van der Waals surface area contributed by atoms with Gasteiger partial charge in [-0.25, -0.2) is 9.97 Å². The molecule has 3 aliphatic rings. The first-order valence-electron chi connectivity index (χ1n) is 8.81. The molecule has 0 amide bonds. The maximum absolute atomic E-state index is 4.39. The van der Waals surface area contributed by atoms with E-state index in [1.54, 1.807) is 0 Å². The van der Waals surface area contributed by atoms with Gasteiger partial charge < -0.3 is 9.80 Å². The topological polar surface area (TPSA) is 32.3 Å². The van der Waals surface area contributed by atoms with Crippen molar-refractivity contribution in [1.82, 2.24) is 14.9 Å². The predicted molar refractivity (Wildman–Crippen MR) is 88.8 cm³/mol. The lowest BCUT2D eigenvalue weighted by molar-refractivity contribution is 0.256. The van der Waals surface area contributed by atoms with Crippen molar-refractivity contribution in [3.8, 4) is 0 Å². The summed E-state index contributed by atoms with van der Waals surface area (Å²) in [7, 11) is 0. The van der Waals surface area contributed by atoms with E-state index in [4.69, 9.17) is 0 Å². The van der Waals surface area contributed by atoms with Gasteiger partial charge in [-0.3, -0.25) is 0 Å². The van der Waals surface area contributed by atoms with E-state index < -0.39 is 0 Å². The Hall–Kier alpha value is -1.42. The molecule has 1 aromatic rings. The van der Waals surface area contributed by atoms with Gasteiger partial charge in [-0.05, 0) is 62.6 Å². The normalized spacial score (nSPS) is 31.6. The van der Waals surface area contributed by atoms with Crippen molar-refractivity contribution in [3.05, 3.63) is 30.6 Å². The van der Waals surface area contributed by atoms with Crippen molar-refractivity contribution in [2.75, 3.05) is 37.6 Å². The first kappa shape index (κ1) is 14.2. The smallest absolute Gasteiger partial charge is 0.225 e. The van der Waals surface area contributed by atoms with Gasteiger partial charge in [-0.1, -0.05) is 12.2 Å². The predicted octanol–water partition coefficient (Wildman–Crippen LogP) is 2.59. The largest absolute Gasteiger partial charge is 0.339 e. The molecule has 1 aliphatic heterocycles. The number of rotatable bonds is 4. The number of aromatic nitrogens is 2. The summed E-state index contributed by atoms with van der Waals surface area (Å²) < 4.78 is 0. The highest BCUT2D eigenvalue weighted by atomic mass is 15.3. The van der Waals surface area contributed by atoms with Crippen molar-refractivity contribution >= 4 is 5.95 Å². The van der Waals surface area contributed by atoms with Crippen LogP contribution >= 0.6 is 0 Å². The number of hydrogen-bond donors (Lipinski definition) is 0. The highest BCUT2D eigenvalue weighted by Crippen LogP contribution is 2.44. The highest BCUT2D eigenvalue weighted by Gasteiger charge is 2.35. The Bertz CT molecular complexity index is 515. The molecule has 4 heteroatoms. The zero-order valence-electron chi connectivity index (χ0n) is 13.3. The van der Waals surface area contributed by atoms with Gasteiger partial charge in [0.05, 0.1) is 0 Å². The molecule has 0 aromatic carbocycles. The summed E-state index contributed by atoms with van der Waals surface area (Å²) in [5, 5.41) is 0. The maximum atomic E-state index is 4.39. The monoisotopic (exact) mass is 298 g/mol. The van der Waals surface area contributed by atoms with Crippen LogP contribution in [0, 0.1) is 17.8 Å². The third-order valence-corrected chi connectivity index (χ3v) is 5.66. The lowest BCUT2D eigenvalue weighted by Gasteiger charge is -2.25. The second kappa shape index (κ2) is 6.37. The number of nitrogens with zero attached hydrogens (tertiary/aromatic N) is 4. The van der Waals surface area contributed by atoms with E-state index in [1.165, 1.54) is 38.8 Å². The summed E-state index contributed by atoms with van der Waals surface area (Å²) in [4.78, 5) is 13.8. The number of anilines is 1. The van der Waals surface area contributed by atoms with E-state index in [2.05, 4.69) is 31.9 Å². The van der Waals surface area contributed by atoms with E-state index in [9.17, 15) is 0 Å². The Labute approximate surface area is 133 Å². The molecule has 2 fully saturated rings. The first-order valence-corrected chi connectivity index (χ1v) is 8.81. The van der Waals surface area contributed by atoms with E-state index in [-0.39, 0.29) is 0 Å². The third kappa shape index (κ3) is 3.02. The molecule has 2 bridgehead atoms. The molecule has 1 saturated heterocycles. The number of hydrogen-bond acceptors (Lipinski definition) is 4. The van der Waals surface area contributed by atoms with Crippen LogP contribution in [0.25, 0.3) is 0 Å². The minimum absolute atomic E-state index is 0.891. The molecular weight excluding hydrogens is 272 g/mol. The van der Waals surface area contributed by atoms with Crippen LogP contribution in [0.3, 0.4) is 0 Å². The zero-order chi connectivity index (χ0) is 14.8. The van der Waals surface area contributed by atoms with Crippen LogP contribution in [0.15, 0.2) is 30.6 Å². The molecule has 3 atom stereocenters. The molecule has 0 spiro atoms. The second-order valence-electron chi connectivity index (χ2n) is 7.06. The summed E-state index contributed by atoms with van der Waals surface area (Å²) in [5.74, 6) is 3.64. The maximum Gasteiger partial charge on any atom is 0.225 e. The van der Waals surface area contributed by atoms with E-state index in [1.807, 2.05) is 18.5 Å². The Kier molecular flexibility index (Phi) is 4.11. The van der Waals surface area contributed by atoms with Crippen molar-refractivity contribution in [2.24, 2.45) is 17.8 Å². The standard InChI is InChI=1S/C18H26N4/c1-6-19-18(20-7-1)22-9-2-8-21(11-12-22)10-5-17-14-15-3-4-16(17)13-15/h1,3-4,6-7,15-17H,2,5,8-14H2/t15-,16+,17-/m1/s1.